The smallest absolute Gasteiger partial charge is 0.279 e. The minimum absolute atomic E-state index is 0.00988. The van der Waals surface area contributed by atoms with E-state index in [0.29, 0.717) is 6.61 Å². The van der Waals surface area contributed by atoms with Crippen LogP contribution in [0.15, 0.2) is 0 Å². The maximum atomic E-state index is 11.3. The Labute approximate surface area is 88.4 Å². The van der Waals surface area contributed by atoms with Gasteiger partial charge in [0, 0.05) is 12.5 Å². The zero-order valence-corrected chi connectivity index (χ0v) is 9.18. The highest BCUT2D eigenvalue weighted by Crippen LogP contribution is 2.17. The number of hydrogen-bond acceptors (Lipinski definition) is 4. The predicted molar refractivity (Wildman–Crippen MR) is 56.5 cm³/mol. The molecule has 1 aliphatic heterocycles. The third-order valence-corrected chi connectivity index (χ3v) is 2.98. The molecule has 2 atom stereocenters. The van der Waals surface area contributed by atoms with Crippen LogP contribution < -0.4 is 5.32 Å². The number of aliphatic hydroxyl groups excluding tert-OH is 1. The van der Waals surface area contributed by atoms with Crippen LogP contribution in [0.1, 0.15) is 13.3 Å². The minimum atomic E-state index is -0.149. The molecular weight excluding hydrogens is 202 g/mol. The average Bonchev–Trinajstić information content (AvgIpc) is 2.67. The van der Waals surface area contributed by atoms with Crippen LogP contribution in [0.3, 0.4) is 0 Å². The van der Waals surface area contributed by atoms with E-state index in [1.165, 1.54) is 11.8 Å². The standard InChI is InChI=1S/C9H17NO3S/c1-2-14-9(12)10-8(5-11)7-3-4-13-6-7/h7-8,11H,2-6H2,1H3,(H,10,12). The van der Waals surface area contributed by atoms with Crippen molar-refractivity contribution in [3.05, 3.63) is 0 Å². The van der Waals surface area contributed by atoms with Gasteiger partial charge >= 0.3 is 0 Å². The summed E-state index contributed by atoms with van der Waals surface area (Å²) in [6.45, 7) is 3.29. The van der Waals surface area contributed by atoms with E-state index in [4.69, 9.17) is 9.84 Å². The number of thioether (sulfide) groups is 1. The second-order valence-corrected chi connectivity index (χ2v) is 4.51. The van der Waals surface area contributed by atoms with E-state index in [0.717, 1.165) is 18.8 Å². The molecule has 1 rings (SSSR count). The molecule has 0 aromatic carbocycles. The van der Waals surface area contributed by atoms with Crippen molar-refractivity contribution >= 4 is 17.0 Å². The van der Waals surface area contributed by atoms with Crippen molar-refractivity contribution in [2.75, 3.05) is 25.6 Å². The van der Waals surface area contributed by atoms with Gasteiger partial charge in [-0.05, 0) is 12.2 Å². The summed E-state index contributed by atoms with van der Waals surface area (Å²) in [4.78, 5) is 11.3. The van der Waals surface area contributed by atoms with E-state index in [2.05, 4.69) is 5.32 Å². The normalized spacial score (nSPS) is 23.4. The number of rotatable bonds is 4. The molecule has 1 aliphatic rings. The lowest BCUT2D eigenvalue weighted by atomic mass is 10.0. The number of ether oxygens (including phenoxy) is 1. The quantitative estimate of drug-likeness (QED) is 0.736. The fourth-order valence-corrected chi connectivity index (χ4v) is 2.00. The molecule has 0 saturated carbocycles. The van der Waals surface area contributed by atoms with Crippen molar-refractivity contribution in [1.29, 1.82) is 0 Å². The predicted octanol–water partition coefficient (Wildman–Crippen LogP) is 0.847. The summed E-state index contributed by atoms with van der Waals surface area (Å²) in [6.07, 6.45) is 0.919. The monoisotopic (exact) mass is 219 g/mol. The van der Waals surface area contributed by atoms with Crippen LogP contribution in [0.5, 0.6) is 0 Å². The fourth-order valence-electron chi connectivity index (χ4n) is 1.51. The fraction of sp³-hybridized carbons (Fsp3) is 0.889. The van der Waals surface area contributed by atoms with Gasteiger partial charge in [0.25, 0.3) is 5.24 Å². The highest BCUT2D eigenvalue weighted by atomic mass is 32.2. The van der Waals surface area contributed by atoms with E-state index >= 15 is 0 Å². The van der Waals surface area contributed by atoms with Crippen LogP contribution in [0.25, 0.3) is 0 Å². The van der Waals surface area contributed by atoms with E-state index in [9.17, 15) is 4.79 Å². The van der Waals surface area contributed by atoms with E-state index < -0.39 is 0 Å². The number of aliphatic hydroxyl groups is 1. The first-order chi connectivity index (χ1) is 6.77. The molecule has 0 radical (unpaired) electrons. The van der Waals surface area contributed by atoms with Crippen LogP contribution in [0.4, 0.5) is 4.79 Å². The molecule has 0 aromatic heterocycles. The van der Waals surface area contributed by atoms with Crippen molar-refractivity contribution in [3.8, 4) is 0 Å². The third-order valence-electron chi connectivity index (χ3n) is 2.31. The van der Waals surface area contributed by atoms with Crippen molar-refractivity contribution < 1.29 is 14.6 Å². The van der Waals surface area contributed by atoms with Gasteiger partial charge < -0.3 is 15.2 Å². The van der Waals surface area contributed by atoms with Crippen LogP contribution >= 0.6 is 11.8 Å². The summed E-state index contributed by atoms with van der Waals surface area (Å²) in [5.41, 5.74) is 0. The van der Waals surface area contributed by atoms with Crippen LogP contribution in [0, 0.1) is 5.92 Å². The molecule has 0 bridgehead atoms. The Balaban J connectivity index is 2.33. The summed E-state index contributed by atoms with van der Waals surface area (Å²) < 4.78 is 5.21. The topological polar surface area (TPSA) is 58.6 Å². The molecule has 0 spiro atoms. The lowest BCUT2D eigenvalue weighted by Crippen LogP contribution is -2.41. The van der Waals surface area contributed by atoms with Crippen molar-refractivity contribution in [1.82, 2.24) is 5.32 Å². The lowest BCUT2D eigenvalue weighted by molar-refractivity contribution is 0.157. The molecule has 1 heterocycles. The molecule has 1 fully saturated rings. The van der Waals surface area contributed by atoms with Gasteiger partial charge in [-0.25, -0.2) is 0 Å². The molecule has 2 N–H and O–H groups in total. The first kappa shape index (κ1) is 11.8. The number of carbonyl (C=O) groups is 1. The van der Waals surface area contributed by atoms with E-state index in [1.54, 1.807) is 0 Å². The molecule has 0 aliphatic carbocycles. The number of amides is 1. The van der Waals surface area contributed by atoms with Crippen molar-refractivity contribution in [2.45, 2.75) is 19.4 Å². The second kappa shape index (κ2) is 6.27. The van der Waals surface area contributed by atoms with Crippen molar-refractivity contribution in [3.63, 3.8) is 0 Å². The number of nitrogens with one attached hydrogen (secondary N) is 1. The number of carbonyl (C=O) groups excluding carboxylic acids is 1. The Hall–Kier alpha value is -0.260. The maximum Gasteiger partial charge on any atom is 0.279 e. The third kappa shape index (κ3) is 3.48. The van der Waals surface area contributed by atoms with Gasteiger partial charge in [0.2, 0.25) is 0 Å². The Morgan fingerprint density at radius 3 is 3.07 bits per heavy atom. The van der Waals surface area contributed by atoms with Crippen LogP contribution in [-0.4, -0.2) is 42.0 Å². The molecule has 14 heavy (non-hydrogen) atoms. The first-order valence-corrected chi connectivity index (χ1v) is 5.88. The van der Waals surface area contributed by atoms with Gasteiger partial charge in [0.15, 0.2) is 0 Å². The zero-order valence-electron chi connectivity index (χ0n) is 8.36. The van der Waals surface area contributed by atoms with Crippen molar-refractivity contribution in [2.24, 2.45) is 5.92 Å². The lowest BCUT2D eigenvalue weighted by Gasteiger charge is -2.20. The average molecular weight is 219 g/mol. The molecular formula is C9H17NO3S. The molecule has 0 aromatic rings. The molecule has 4 nitrogen and oxygen atoms in total. The zero-order chi connectivity index (χ0) is 10.4. The number of hydrogen-bond donors (Lipinski definition) is 2. The van der Waals surface area contributed by atoms with E-state index in [1.807, 2.05) is 6.92 Å². The highest BCUT2D eigenvalue weighted by Gasteiger charge is 2.26. The largest absolute Gasteiger partial charge is 0.394 e. The molecule has 1 amide bonds. The Bertz CT molecular complexity index is 183. The Morgan fingerprint density at radius 2 is 2.57 bits per heavy atom. The first-order valence-electron chi connectivity index (χ1n) is 4.89. The van der Waals surface area contributed by atoms with Gasteiger partial charge in [-0.3, -0.25) is 4.79 Å². The summed E-state index contributed by atoms with van der Waals surface area (Å²) >= 11 is 1.23. The SMILES string of the molecule is CCSC(=O)NC(CO)C1CCOC1. The minimum Gasteiger partial charge on any atom is -0.394 e. The van der Waals surface area contributed by atoms with Crippen LogP contribution in [-0.2, 0) is 4.74 Å². The Morgan fingerprint density at radius 1 is 1.79 bits per heavy atom. The molecule has 2 unspecified atom stereocenters. The summed E-state index contributed by atoms with van der Waals surface area (Å²) in [7, 11) is 0. The van der Waals surface area contributed by atoms with E-state index in [-0.39, 0.29) is 23.8 Å². The highest BCUT2D eigenvalue weighted by molar-refractivity contribution is 8.13. The van der Waals surface area contributed by atoms with Gasteiger partial charge in [-0.1, -0.05) is 18.7 Å². The van der Waals surface area contributed by atoms with Gasteiger partial charge in [0.05, 0.1) is 19.3 Å². The summed E-state index contributed by atoms with van der Waals surface area (Å²) in [6, 6.07) is -0.149. The Kier molecular flexibility index (Phi) is 5.29. The van der Waals surface area contributed by atoms with Gasteiger partial charge in [0.1, 0.15) is 0 Å². The molecule has 5 heteroatoms. The second-order valence-electron chi connectivity index (χ2n) is 3.28. The maximum absolute atomic E-state index is 11.3. The van der Waals surface area contributed by atoms with Gasteiger partial charge in [-0.2, -0.15) is 0 Å². The van der Waals surface area contributed by atoms with Gasteiger partial charge in [-0.15, -0.1) is 0 Å². The van der Waals surface area contributed by atoms with Crippen LogP contribution in [0.2, 0.25) is 0 Å². The summed E-state index contributed by atoms with van der Waals surface area (Å²) in [5.74, 6) is 1.02. The molecule has 82 valence electrons. The summed E-state index contributed by atoms with van der Waals surface area (Å²) in [5, 5.41) is 11.9. The molecule has 1 saturated heterocycles.